The van der Waals surface area contributed by atoms with Crippen molar-refractivity contribution in [1.82, 2.24) is 0 Å². The maximum atomic E-state index is 11.3. The highest BCUT2D eigenvalue weighted by Crippen LogP contribution is 2.17. The van der Waals surface area contributed by atoms with Crippen molar-refractivity contribution in [3.05, 3.63) is 48.0 Å². The minimum Gasteiger partial charge on any atom is -1.00 e. The number of carbonyl (C=O) groups excluding carboxylic acids is 1. The van der Waals surface area contributed by atoms with Gasteiger partial charge in [0.25, 0.3) is 0 Å². The van der Waals surface area contributed by atoms with Gasteiger partial charge in [0.2, 0.25) is 0 Å². The first-order valence-electron chi connectivity index (χ1n) is 12.8. The number of likely N-dealkylation sites (N-methyl/N-ethyl adjacent to an activating group) is 1. The Labute approximate surface area is 204 Å². The summed E-state index contributed by atoms with van der Waals surface area (Å²) >= 11 is 0. The maximum Gasteiger partial charge on any atom is 0.330 e. The van der Waals surface area contributed by atoms with Crippen molar-refractivity contribution in [3.8, 4) is 0 Å². The van der Waals surface area contributed by atoms with E-state index in [2.05, 4.69) is 51.6 Å². The lowest BCUT2D eigenvalue weighted by Gasteiger charge is -2.36. The van der Waals surface area contributed by atoms with Crippen molar-refractivity contribution in [3.63, 3.8) is 0 Å². The molecule has 1 rings (SSSR count). The Bertz CT molecular complexity index is 596. The molecule has 0 unspecified atom stereocenters. The third-order valence-corrected chi connectivity index (χ3v) is 6.68. The van der Waals surface area contributed by atoms with E-state index in [1.165, 1.54) is 87.8 Å². The second-order valence-electron chi connectivity index (χ2n) is 8.98. The molecule has 184 valence electrons. The highest BCUT2D eigenvalue weighted by molar-refractivity contribution is 5.81. The Balaban J connectivity index is 0.00000961. The van der Waals surface area contributed by atoms with E-state index in [1.807, 2.05) is 0 Å². The van der Waals surface area contributed by atoms with Gasteiger partial charge >= 0.3 is 5.97 Å². The van der Waals surface area contributed by atoms with Gasteiger partial charge in [-0.3, -0.25) is 0 Å². The van der Waals surface area contributed by atoms with Crippen molar-refractivity contribution in [2.45, 2.75) is 97.9 Å². The number of aryl methyl sites for hydroxylation is 1. The molecule has 0 heterocycles. The Morgan fingerprint density at radius 2 is 1.34 bits per heavy atom. The standard InChI is InChI=1S/C28H48NO2.ClH/c1-5-9-10-11-12-13-14-15-16-17-18-26-19-21-27(22-20-26)25-29(7-3,8-4)23-24-31-28(30)6-2;/h6,19-22H,2,5,7-18,23-25H2,1,3-4H3;1H/q+1;/p-1. The van der Waals surface area contributed by atoms with E-state index in [1.54, 1.807) is 0 Å². The fraction of sp³-hybridized carbons (Fsp3) is 0.679. The molecule has 1 aromatic rings. The lowest BCUT2D eigenvalue weighted by Crippen LogP contribution is -3.00. The minimum atomic E-state index is -0.332. The van der Waals surface area contributed by atoms with Crippen LogP contribution >= 0.6 is 0 Å². The summed E-state index contributed by atoms with van der Waals surface area (Å²) in [5, 5.41) is 0. The number of ether oxygens (including phenoxy) is 1. The van der Waals surface area contributed by atoms with Gasteiger partial charge in [0.15, 0.2) is 0 Å². The van der Waals surface area contributed by atoms with Crippen LogP contribution in [0.15, 0.2) is 36.9 Å². The molecule has 0 bridgehead atoms. The van der Waals surface area contributed by atoms with Crippen molar-refractivity contribution in [2.75, 3.05) is 26.2 Å². The van der Waals surface area contributed by atoms with Gasteiger partial charge in [-0.2, -0.15) is 0 Å². The Morgan fingerprint density at radius 1 is 0.844 bits per heavy atom. The summed E-state index contributed by atoms with van der Waals surface area (Å²) < 4.78 is 6.17. The Kier molecular flexibility index (Phi) is 18.4. The smallest absolute Gasteiger partial charge is 0.330 e. The van der Waals surface area contributed by atoms with E-state index in [0.717, 1.165) is 30.7 Å². The molecule has 0 saturated carbocycles. The van der Waals surface area contributed by atoms with Crippen molar-refractivity contribution < 1.29 is 26.4 Å². The van der Waals surface area contributed by atoms with Crippen LogP contribution < -0.4 is 12.4 Å². The Morgan fingerprint density at radius 3 is 1.84 bits per heavy atom. The molecule has 4 heteroatoms. The second-order valence-corrected chi connectivity index (χ2v) is 8.98. The number of quaternary nitrogens is 1. The molecule has 0 radical (unpaired) electrons. The normalized spacial score (nSPS) is 11.1. The van der Waals surface area contributed by atoms with E-state index in [9.17, 15) is 4.79 Å². The van der Waals surface area contributed by atoms with Gasteiger partial charge in [-0.25, -0.2) is 4.79 Å². The number of carbonyl (C=O) groups is 1. The lowest BCUT2D eigenvalue weighted by molar-refractivity contribution is -0.937. The monoisotopic (exact) mass is 465 g/mol. The molecule has 1 aromatic carbocycles. The summed E-state index contributed by atoms with van der Waals surface area (Å²) in [6, 6.07) is 9.20. The minimum absolute atomic E-state index is 0. The third-order valence-electron chi connectivity index (χ3n) is 6.68. The summed E-state index contributed by atoms with van der Waals surface area (Å²) in [6.45, 7) is 14.5. The zero-order valence-electron chi connectivity index (χ0n) is 21.0. The number of benzene rings is 1. The van der Waals surface area contributed by atoms with Crippen LogP contribution in [0, 0.1) is 0 Å². The summed E-state index contributed by atoms with van der Waals surface area (Å²) in [6.07, 6.45) is 16.3. The SMILES string of the molecule is C=CC(=O)OCC[N+](CC)(CC)Cc1ccc(CCCCCCCCCCCC)cc1.[Cl-]. The second kappa shape index (κ2) is 19.2. The highest BCUT2D eigenvalue weighted by atomic mass is 35.5. The number of unbranched alkanes of at least 4 members (excludes halogenated alkanes) is 9. The average molecular weight is 466 g/mol. The average Bonchev–Trinajstić information content (AvgIpc) is 2.80. The first-order valence-corrected chi connectivity index (χ1v) is 12.8. The Hall–Kier alpha value is -1.32. The van der Waals surface area contributed by atoms with Crippen LogP contribution in [0.1, 0.15) is 96.1 Å². The van der Waals surface area contributed by atoms with Crippen LogP contribution in [0.2, 0.25) is 0 Å². The van der Waals surface area contributed by atoms with Gasteiger partial charge in [0.05, 0.1) is 13.1 Å². The molecule has 0 aliphatic carbocycles. The first kappa shape index (κ1) is 30.7. The van der Waals surface area contributed by atoms with Gasteiger partial charge in [0, 0.05) is 11.6 Å². The summed E-state index contributed by atoms with van der Waals surface area (Å²) in [4.78, 5) is 11.3. The fourth-order valence-corrected chi connectivity index (χ4v) is 4.26. The number of halogens is 1. The predicted molar refractivity (Wildman–Crippen MR) is 133 cm³/mol. The molecule has 0 spiro atoms. The molecule has 0 aliphatic heterocycles. The van der Waals surface area contributed by atoms with E-state index in [4.69, 9.17) is 4.74 Å². The first-order chi connectivity index (χ1) is 15.1. The number of esters is 1. The van der Waals surface area contributed by atoms with Crippen LogP contribution in [0.3, 0.4) is 0 Å². The fourth-order valence-electron chi connectivity index (χ4n) is 4.26. The van der Waals surface area contributed by atoms with Gasteiger partial charge in [0.1, 0.15) is 19.7 Å². The van der Waals surface area contributed by atoms with Crippen LogP contribution in [-0.2, 0) is 22.5 Å². The van der Waals surface area contributed by atoms with Crippen molar-refractivity contribution in [1.29, 1.82) is 0 Å². The van der Waals surface area contributed by atoms with Crippen LogP contribution in [0.4, 0.5) is 0 Å². The van der Waals surface area contributed by atoms with E-state index in [0.29, 0.717) is 6.61 Å². The molecule has 3 nitrogen and oxygen atoms in total. The molecule has 32 heavy (non-hydrogen) atoms. The van der Waals surface area contributed by atoms with Gasteiger partial charge < -0.3 is 21.6 Å². The van der Waals surface area contributed by atoms with E-state index in [-0.39, 0.29) is 18.4 Å². The molecular weight excluding hydrogens is 418 g/mol. The van der Waals surface area contributed by atoms with Gasteiger partial charge in [-0.05, 0) is 32.3 Å². The molecule has 0 aromatic heterocycles. The molecule has 0 amide bonds. The van der Waals surface area contributed by atoms with Crippen LogP contribution in [-0.4, -0.2) is 36.7 Å². The maximum absolute atomic E-state index is 11.3. The number of rotatable bonds is 19. The highest BCUT2D eigenvalue weighted by Gasteiger charge is 2.24. The molecule has 0 N–H and O–H groups in total. The number of hydrogen-bond donors (Lipinski definition) is 0. The van der Waals surface area contributed by atoms with Crippen LogP contribution in [0.25, 0.3) is 0 Å². The quantitative estimate of drug-likeness (QED) is 0.132. The predicted octanol–water partition coefficient (Wildman–Crippen LogP) is 4.24. The number of hydrogen-bond acceptors (Lipinski definition) is 2. The number of nitrogens with zero attached hydrogens (tertiary/aromatic N) is 1. The zero-order valence-corrected chi connectivity index (χ0v) is 21.8. The topological polar surface area (TPSA) is 26.3 Å². The van der Waals surface area contributed by atoms with Crippen molar-refractivity contribution in [2.24, 2.45) is 0 Å². The van der Waals surface area contributed by atoms with Gasteiger partial charge in [-0.15, -0.1) is 0 Å². The lowest BCUT2D eigenvalue weighted by atomic mass is 10.0. The summed E-state index contributed by atoms with van der Waals surface area (Å²) in [5.41, 5.74) is 2.82. The van der Waals surface area contributed by atoms with Crippen LogP contribution in [0.5, 0.6) is 0 Å². The molecular formula is C28H48ClNO2. The van der Waals surface area contributed by atoms with E-state index >= 15 is 0 Å². The zero-order chi connectivity index (χ0) is 22.8. The summed E-state index contributed by atoms with van der Waals surface area (Å²) in [7, 11) is 0. The molecule has 0 fully saturated rings. The van der Waals surface area contributed by atoms with E-state index < -0.39 is 0 Å². The summed E-state index contributed by atoms with van der Waals surface area (Å²) in [5.74, 6) is -0.332. The molecule has 0 atom stereocenters. The largest absolute Gasteiger partial charge is 1.00 e. The molecule has 0 aliphatic rings. The van der Waals surface area contributed by atoms with Crippen molar-refractivity contribution >= 4 is 5.97 Å². The third kappa shape index (κ3) is 13.3. The molecule has 0 saturated heterocycles. The van der Waals surface area contributed by atoms with Gasteiger partial charge in [-0.1, -0.05) is 95.6 Å².